The van der Waals surface area contributed by atoms with E-state index in [0.29, 0.717) is 35.1 Å². The maximum Gasteiger partial charge on any atom is 0.280 e. The minimum atomic E-state index is -0.647. The maximum absolute atomic E-state index is 13.2. The topological polar surface area (TPSA) is 149 Å². The van der Waals surface area contributed by atoms with E-state index in [0.717, 1.165) is 69.2 Å². The Morgan fingerprint density at radius 1 is 1.16 bits per heavy atom. The molecule has 0 unspecified atom stereocenters. The molecule has 11 nitrogen and oxygen atoms in total. The molecule has 0 atom stereocenters. The van der Waals surface area contributed by atoms with Gasteiger partial charge in [-0.2, -0.15) is 10.3 Å². The number of hydrogen-bond acceptors (Lipinski definition) is 7. The maximum atomic E-state index is 13.2. The van der Waals surface area contributed by atoms with E-state index >= 15 is 0 Å². The molecule has 1 aromatic carbocycles. The fourth-order valence-electron chi connectivity index (χ4n) is 6.54. The summed E-state index contributed by atoms with van der Waals surface area (Å²) < 4.78 is 8.17. The molecule has 2 fully saturated rings. The molecular weight excluding hydrogens is 570 g/mol. The average molecular weight is 616 g/mol. The number of likely N-dealkylation sites (tertiary alicyclic amines) is 1. The number of amides is 2. The number of imidazole rings is 1. The van der Waals surface area contributed by atoms with Gasteiger partial charge in [-0.1, -0.05) is 0 Å². The molecule has 240 valence electrons. The van der Waals surface area contributed by atoms with E-state index in [1.807, 2.05) is 33.8 Å². The number of aromatic nitrogens is 3. The highest BCUT2D eigenvalue weighted by Crippen LogP contribution is 2.34. The fourth-order valence-corrected chi connectivity index (χ4v) is 6.54. The van der Waals surface area contributed by atoms with E-state index in [4.69, 9.17) is 10.00 Å². The quantitative estimate of drug-likeness (QED) is 0.328. The fraction of sp³-hybridized carbons (Fsp3) is 0.559. The van der Waals surface area contributed by atoms with Gasteiger partial charge in [-0.3, -0.25) is 14.5 Å². The van der Waals surface area contributed by atoms with Gasteiger partial charge in [0, 0.05) is 36.2 Å². The van der Waals surface area contributed by atoms with Crippen LogP contribution in [0.5, 0.6) is 5.88 Å². The number of fused-ring (bicyclic) bond motifs is 1. The van der Waals surface area contributed by atoms with Gasteiger partial charge in [-0.25, -0.2) is 4.98 Å². The summed E-state index contributed by atoms with van der Waals surface area (Å²) in [5.74, 6) is 0.451. The Morgan fingerprint density at radius 3 is 2.47 bits per heavy atom. The third kappa shape index (κ3) is 7.99. The highest BCUT2D eigenvalue weighted by Gasteiger charge is 2.31. The Hall–Kier alpha value is -4.01. The number of hydrogen-bond donors (Lipinski definition) is 3. The van der Waals surface area contributed by atoms with Gasteiger partial charge in [0.15, 0.2) is 0 Å². The van der Waals surface area contributed by atoms with Crippen LogP contribution < -0.4 is 15.7 Å². The predicted octanol–water partition coefficient (Wildman–Crippen LogP) is 4.09. The number of aliphatic hydroxyl groups is 1. The number of piperidine rings is 1. The summed E-state index contributed by atoms with van der Waals surface area (Å²) in [4.78, 5) is 40.6. The first-order valence-corrected chi connectivity index (χ1v) is 16.1. The number of nitriles is 1. The lowest BCUT2D eigenvalue weighted by atomic mass is 9.83. The average Bonchev–Trinajstić information content (AvgIpc) is 3.37. The number of carbonyl (C=O) groups excluding carboxylic acids is 2. The summed E-state index contributed by atoms with van der Waals surface area (Å²) in [5.41, 5.74) is 2.22. The zero-order valence-corrected chi connectivity index (χ0v) is 26.8. The number of aromatic amines is 1. The van der Waals surface area contributed by atoms with Gasteiger partial charge in [0.2, 0.25) is 17.4 Å². The van der Waals surface area contributed by atoms with Crippen LogP contribution in [-0.4, -0.2) is 74.2 Å². The van der Waals surface area contributed by atoms with Crippen LogP contribution in [0, 0.1) is 23.2 Å². The van der Waals surface area contributed by atoms with Crippen LogP contribution in [-0.2, 0) is 4.79 Å². The van der Waals surface area contributed by atoms with Gasteiger partial charge < -0.3 is 24.7 Å². The first-order chi connectivity index (χ1) is 21.5. The molecule has 0 bridgehead atoms. The van der Waals surface area contributed by atoms with Crippen molar-refractivity contribution in [2.24, 2.45) is 16.8 Å². The number of nitrogens with one attached hydrogen (secondary N) is 2. The number of pyridine rings is 1. The third-order valence-electron chi connectivity index (χ3n) is 9.17. The summed E-state index contributed by atoms with van der Waals surface area (Å²) >= 11 is 0. The second-order valence-electron chi connectivity index (χ2n) is 13.3. The van der Waals surface area contributed by atoms with Crippen LogP contribution in [0.3, 0.4) is 0 Å². The smallest absolute Gasteiger partial charge is 0.280 e. The molecule has 2 amide bonds. The number of H-pyrrole nitrogens is 1. The molecule has 1 saturated carbocycles. The Morgan fingerprint density at radius 2 is 1.84 bits per heavy atom. The number of benzene rings is 1. The number of carbonyl (C=O) groups is 2. The van der Waals surface area contributed by atoms with E-state index < -0.39 is 11.5 Å². The van der Waals surface area contributed by atoms with Crippen LogP contribution >= 0.6 is 0 Å². The van der Waals surface area contributed by atoms with E-state index in [2.05, 4.69) is 35.8 Å². The van der Waals surface area contributed by atoms with Gasteiger partial charge in [0.05, 0.1) is 34.5 Å². The van der Waals surface area contributed by atoms with Crippen LogP contribution in [0.25, 0.3) is 11.0 Å². The van der Waals surface area contributed by atoms with Gasteiger partial charge in [0.25, 0.3) is 5.91 Å². The van der Waals surface area contributed by atoms with Crippen LogP contribution in [0.2, 0.25) is 0 Å². The molecule has 3 N–H and O–H groups in total. The highest BCUT2D eigenvalue weighted by molar-refractivity contribution is 5.95. The molecule has 2 aliphatic rings. The lowest BCUT2D eigenvalue weighted by Gasteiger charge is -2.37. The molecule has 1 saturated heterocycles. The van der Waals surface area contributed by atoms with Gasteiger partial charge in [-0.05, 0) is 109 Å². The Bertz CT molecular complexity index is 1590. The molecule has 2 aromatic heterocycles. The first kappa shape index (κ1) is 32.4. The van der Waals surface area contributed by atoms with Crippen LogP contribution in [0.1, 0.15) is 88.2 Å². The molecule has 0 radical (unpaired) electrons. The zero-order chi connectivity index (χ0) is 32.1. The van der Waals surface area contributed by atoms with Crippen molar-refractivity contribution in [1.29, 1.82) is 5.26 Å². The predicted molar refractivity (Wildman–Crippen MR) is 170 cm³/mol. The summed E-state index contributed by atoms with van der Waals surface area (Å²) in [7, 11) is 0. The molecule has 5 rings (SSSR count). The van der Waals surface area contributed by atoms with Crippen molar-refractivity contribution in [3.63, 3.8) is 0 Å². The Labute approximate surface area is 264 Å². The molecular formula is C34H45N7O4. The van der Waals surface area contributed by atoms with Gasteiger partial charge >= 0.3 is 0 Å². The number of ether oxygens (including phenoxy) is 1. The van der Waals surface area contributed by atoms with Crippen molar-refractivity contribution >= 4 is 22.8 Å². The van der Waals surface area contributed by atoms with Crippen molar-refractivity contribution in [2.75, 3.05) is 26.2 Å². The minimum absolute atomic E-state index is 0.0293. The van der Waals surface area contributed by atoms with Crippen molar-refractivity contribution < 1.29 is 19.4 Å². The molecule has 1 aliphatic heterocycles. The number of rotatable bonds is 9. The zero-order valence-electron chi connectivity index (χ0n) is 26.8. The van der Waals surface area contributed by atoms with Gasteiger partial charge in [-0.15, -0.1) is 0 Å². The molecule has 3 aromatic rings. The van der Waals surface area contributed by atoms with Crippen molar-refractivity contribution in [3.8, 4) is 11.9 Å². The van der Waals surface area contributed by atoms with Gasteiger partial charge in [0.1, 0.15) is 6.61 Å². The highest BCUT2D eigenvalue weighted by atomic mass is 16.5. The van der Waals surface area contributed by atoms with Crippen molar-refractivity contribution in [1.82, 2.24) is 24.8 Å². The van der Waals surface area contributed by atoms with Crippen LogP contribution in [0.4, 0.5) is 0 Å². The first-order valence-electron chi connectivity index (χ1n) is 16.1. The largest absolute Gasteiger partial charge is 0.476 e. The van der Waals surface area contributed by atoms with E-state index in [9.17, 15) is 14.7 Å². The Balaban J connectivity index is 1.36. The summed E-state index contributed by atoms with van der Waals surface area (Å²) in [6.07, 6.45) is 6.65. The lowest BCUT2D eigenvalue weighted by molar-refractivity contribution is -0.126. The second-order valence-corrected chi connectivity index (χ2v) is 13.3. The molecule has 1 aliphatic carbocycles. The van der Waals surface area contributed by atoms with E-state index in [1.165, 1.54) is 0 Å². The van der Waals surface area contributed by atoms with Crippen molar-refractivity contribution in [2.45, 2.75) is 83.9 Å². The molecule has 0 spiro atoms. The third-order valence-corrected chi connectivity index (χ3v) is 9.17. The van der Waals surface area contributed by atoms with E-state index in [1.54, 1.807) is 30.5 Å². The Kier molecular flexibility index (Phi) is 10.0. The SMILES string of the molecule is CC(C)NC(=O)[C@H]1CC[C@@H](n2/c(=N/C(=O)c3ccc(C#N)cc3)[nH]c3cnc(OCCN4CCC(C(C)(C)O)CC4)cc32)CC1. The van der Waals surface area contributed by atoms with Crippen LogP contribution in [0.15, 0.2) is 41.5 Å². The summed E-state index contributed by atoms with van der Waals surface area (Å²) in [6.45, 7) is 10.8. The second kappa shape index (κ2) is 14.0. The monoisotopic (exact) mass is 615 g/mol. The summed E-state index contributed by atoms with van der Waals surface area (Å²) in [5, 5.41) is 22.5. The standard InChI is InChI=1S/C34H45N7O4/c1-22(2)37-31(42)25-9-11-27(12-10-25)41-29-19-30(45-18-17-40-15-13-26(14-16-40)34(3,4)44)36-21-28(29)38-33(41)39-32(43)24-7-5-23(20-35)6-8-24/h5-8,19,21-22,25-27,44H,9-18H2,1-4H3,(H,37,42)(H,38,39,43)/t25-,27+. The number of nitrogens with zero attached hydrogens (tertiary/aromatic N) is 5. The lowest BCUT2D eigenvalue weighted by Crippen LogP contribution is -2.43. The molecule has 11 heteroatoms. The minimum Gasteiger partial charge on any atom is -0.476 e. The molecule has 3 heterocycles. The molecule has 45 heavy (non-hydrogen) atoms. The summed E-state index contributed by atoms with van der Waals surface area (Å²) in [6, 6.07) is 10.5. The van der Waals surface area contributed by atoms with E-state index in [-0.39, 0.29) is 23.9 Å². The normalized spacial score (nSPS) is 20.3. The van der Waals surface area contributed by atoms with Crippen molar-refractivity contribution in [3.05, 3.63) is 53.3 Å².